The molecule has 7 nitrogen and oxygen atoms in total. The fourth-order valence-corrected chi connectivity index (χ4v) is 4.80. The van der Waals surface area contributed by atoms with E-state index in [9.17, 15) is 13.2 Å². The highest BCUT2D eigenvalue weighted by Gasteiger charge is 2.31. The third-order valence-electron chi connectivity index (χ3n) is 4.71. The molecule has 2 fully saturated rings. The molecule has 0 radical (unpaired) electrons. The Hall–Kier alpha value is -1.09. The van der Waals surface area contributed by atoms with Crippen molar-refractivity contribution in [2.24, 2.45) is 0 Å². The zero-order chi connectivity index (χ0) is 16.4. The standard InChI is InChI=1S/C15H24N4O3S.ClH/c1-16-12-5-4-8-19(11-12)23(21,22)13-9-14(17-10-13)15(20)18-6-2-3-7-18;/h9-10,12,16-17H,2-8,11H2,1H3;1H. The maximum Gasteiger partial charge on any atom is 0.270 e. The molecule has 2 saturated heterocycles. The van der Waals surface area contributed by atoms with Gasteiger partial charge in [0.1, 0.15) is 10.6 Å². The summed E-state index contributed by atoms with van der Waals surface area (Å²) in [7, 11) is -1.70. The number of aromatic amines is 1. The number of rotatable bonds is 4. The molecule has 2 aliphatic heterocycles. The van der Waals surface area contributed by atoms with Crippen LogP contribution < -0.4 is 5.32 Å². The Morgan fingerprint density at radius 2 is 1.96 bits per heavy atom. The molecule has 9 heteroatoms. The Morgan fingerprint density at radius 1 is 1.25 bits per heavy atom. The Balaban J connectivity index is 0.00000208. The first kappa shape index (κ1) is 19.2. The quantitative estimate of drug-likeness (QED) is 0.822. The number of amides is 1. The van der Waals surface area contributed by atoms with Crippen LogP contribution in [0.25, 0.3) is 0 Å². The summed E-state index contributed by atoms with van der Waals surface area (Å²) in [6.45, 7) is 2.49. The van der Waals surface area contributed by atoms with Gasteiger partial charge in [0.15, 0.2) is 0 Å². The number of hydrogen-bond donors (Lipinski definition) is 2. The number of halogens is 1. The van der Waals surface area contributed by atoms with Gasteiger partial charge in [-0.15, -0.1) is 12.4 Å². The molecule has 2 N–H and O–H groups in total. The summed E-state index contributed by atoms with van der Waals surface area (Å²) in [6, 6.07) is 1.65. The molecular formula is C15H25ClN4O3S. The Kier molecular flexibility index (Phi) is 6.30. The van der Waals surface area contributed by atoms with Crippen LogP contribution in [0.1, 0.15) is 36.2 Å². The van der Waals surface area contributed by atoms with Gasteiger partial charge < -0.3 is 15.2 Å². The number of nitrogens with zero attached hydrogens (tertiary/aromatic N) is 2. The molecule has 24 heavy (non-hydrogen) atoms. The summed E-state index contributed by atoms with van der Waals surface area (Å²) in [6.07, 6.45) is 5.28. The number of H-pyrrole nitrogens is 1. The number of carbonyl (C=O) groups is 1. The molecule has 2 aliphatic rings. The number of sulfonamides is 1. The summed E-state index contributed by atoms with van der Waals surface area (Å²) in [5.74, 6) is -0.115. The number of piperidine rings is 1. The lowest BCUT2D eigenvalue weighted by Crippen LogP contribution is -2.46. The van der Waals surface area contributed by atoms with Crippen LogP contribution in [-0.2, 0) is 10.0 Å². The van der Waals surface area contributed by atoms with Crippen molar-refractivity contribution in [1.29, 1.82) is 0 Å². The number of carbonyl (C=O) groups excluding carboxylic acids is 1. The number of likely N-dealkylation sites (N-methyl/N-ethyl adjacent to an activating group) is 1. The minimum absolute atomic E-state index is 0. The number of aromatic nitrogens is 1. The molecule has 0 spiro atoms. The van der Waals surface area contributed by atoms with Crippen LogP contribution in [-0.4, -0.2) is 67.8 Å². The molecule has 1 aromatic heterocycles. The highest BCUT2D eigenvalue weighted by Crippen LogP contribution is 2.22. The van der Waals surface area contributed by atoms with E-state index in [0.29, 0.717) is 18.8 Å². The van der Waals surface area contributed by atoms with Crippen molar-refractivity contribution in [3.63, 3.8) is 0 Å². The average Bonchev–Trinajstić information content (AvgIpc) is 3.26. The molecule has 1 unspecified atom stereocenters. The second-order valence-electron chi connectivity index (χ2n) is 6.24. The van der Waals surface area contributed by atoms with Gasteiger partial charge in [0.2, 0.25) is 10.0 Å². The zero-order valence-electron chi connectivity index (χ0n) is 13.8. The first-order valence-corrected chi connectivity index (χ1v) is 9.61. The monoisotopic (exact) mass is 376 g/mol. The van der Waals surface area contributed by atoms with Crippen LogP contribution in [0.3, 0.4) is 0 Å². The van der Waals surface area contributed by atoms with Gasteiger partial charge in [0.25, 0.3) is 5.91 Å². The number of nitrogens with one attached hydrogen (secondary N) is 2. The van der Waals surface area contributed by atoms with E-state index in [0.717, 1.165) is 38.8 Å². The topological polar surface area (TPSA) is 85.5 Å². The van der Waals surface area contributed by atoms with E-state index in [1.807, 2.05) is 7.05 Å². The van der Waals surface area contributed by atoms with Gasteiger partial charge in [-0.25, -0.2) is 8.42 Å². The van der Waals surface area contributed by atoms with E-state index >= 15 is 0 Å². The van der Waals surface area contributed by atoms with Crippen LogP contribution in [0.15, 0.2) is 17.2 Å². The van der Waals surface area contributed by atoms with Crippen molar-refractivity contribution >= 4 is 28.3 Å². The molecule has 0 aromatic carbocycles. The van der Waals surface area contributed by atoms with Crippen molar-refractivity contribution in [3.05, 3.63) is 18.0 Å². The van der Waals surface area contributed by atoms with Crippen molar-refractivity contribution in [1.82, 2.24) is 19.5 Å². The molecule has 1 aromatic rings. The Bertz CT molecular complexity index is 670. The van der Waals surface area contributed by atoms with E-state index in [1.165, 1.54) is 16.6 Å². The predicted molar refractivity (Wildman–Crippen MR) is 94.0 cm³/mol. The van der Waals surface area contributed by atoms with Gasteiger partial charge in [-0.1, -0.05) is 0 Å². The second kappa shape index (κ2) is 7.86. The third-order valence-corrected chi connectivity index (χ3v) is 6.55. The van der Waals surface area contributed by atoms with E-state index in [1.54, 1.807) is 4.90 Å². The van der Waals surface area contributed by atoms with Crippen LogP contribution in [0, 0.1) is 0 Å². The summed E-state index contributed by atoms with van der Waals surface area (Å²) in [5, 5.41) is 3.14. The highest BCUT2D eigenvalue weighted by molar-refractivity contribution is 7.89. The second-order valence-corrected chi connectivity index (χ2v) is 8.18. The fraction of sp³-hybridized carbons (Fsp3) is 0.667. The minimum Gasteiger partial charge on any atom is -0.356 e. The molecule has 3 heterocycles. The maximum atomic E-state index is 12.8. The summed E-state index contributed by atoms with van der Waals surface area (Å²) >= 11 is 0. The van der Waals surface area contributed by atoms with Gasteiger partial charge in [0, 0.05) is 38.4 Å². The summed E-state index contributed by atoms with van der Waals surface area (Å²) in [5.41, 5.74) is 0.354. The van der Waals surface area contributed by atoms with Crippen LogP contribution in [0.4, 0.5) is 0 Å². The molecule has 0 aliphatic carbocycles. The van der Waals surface area contributed by atoms with E-state index in [4.69, 9.17) is 0 Å². The van der Waals surface area contributed by atoms with Crippen molar-refractivity contribution < 1.29 is 13.2 Å². The summed E-state index contributed by atoms with van der Waals surface area (Å²) < 4.78 is 27.0. The van der Waals surface area contributed by atoms with E-state index in [2.05, 4.69) is 10.3 Å². The molecule has 136 valence electrons. The zero-order valence-corrected chi connectivity index (χ0v) is 15.5. The predicted octanol–water partition coefficient (Wildman–Crippen LogP) is 1.05. The average molecular weight is 377 g/mol. The molecule has 1 amide bonds. The van der Waals surface area contributed by atoms with Gasteiger partial charge in [0.05, 0.1) is 0 Å². The maximum absolute atomic E-state index is 12.8. The number of likely N-dealkylation sites (tertiary alicyclic amines) is 1. The van der Waals surface area contributed by atoms with Crippen molar-refractivity contribution in [3.8, 4) is 0 Å². The van der Waals surface area contributed by atoms with Crippen LogP contribution in [0.5, 0.6) is 0 Å². The Labute approximate surface area is 149 Å². The van der Waals surface area contributed by atoms with Crippen molar-refractivity contribution in [2.75, 3.05) is 33.2 Å². The largest absolute Gasteiger partial charge is 0.356 e. The lowest BCUT2D eigenvalue weighted by molar-refractivity contribution is 0.0787. The molecule has 3 rings (SSSR count). The first-order valence-electron chi connectivity index (χ1n) is 8.17. The van der Waals surface area contributed by atoms with Gasteiger partial charge in [-0.2, -0.15) is 4.31 Å². The van der Waals surface area contributed by atoms with Gasteiger partial charge in [-0.3, -0.25) is 4.79 Å². The van der Waals surface area contributed by atoms with Gasteiger partial charge >= 0.3 is 0 Å². The molecular weight excluding hydrogens is 352 g/mol. The summed E-state index contributed by atoms with van der Waals surface area (Å²) in [4.78, 5) is 17.1. The van der Waals surface area contributed by atoms with Crippen LogP contribution in [0.2, 0.25) is 0 Å². The first-order chi connectivity index (χ1) is 11.0. The Morgan fingerprint density at radius 3 is 2.62 bits per heavy atom. The van der Waals surface area contributed by atoms with Crippen molar-refractivity contribution in [2.45, 2.75) is 36.6 Å². The normalized spacial score (nSPS) is 22.4. The van der Waals surface area contributed by atoms with Gasteiger partial charge in [-0.05, 0) is 38.8 Å². The minimum atomic E-state index is -3.55. The smallest absolute Gasteiger partial charge is 0.270 e. The fourth-order valence-electron chi connectivity index (χ4n) is 3.28. The van der Waals surface area contributed by atoms with Crippen LogP contribution >= 0.6 is 12.4 Å². The third kappa shape index (κ3) is 3.77. The lowest BCUT2D eigenvalue weighted by Gasteiger charge is -2.31. The number of hydrogen-bond acceptors (Lipinski definition) is 4. The lowest BCUT2D eigenvalue weighted by atomic mass is 10.1. The van der Waals surface area contributed by atoms with E-state index < -0.39 is 10.0 Å². The molecule has 1 atom stereocenters. The highest BCUT2D eigenvalue weighted by atomic mass is 35.5. The molecule has 0 bridgehead atoms. The molecule has 0 saturated carbocycles. The SMILES string of the molecule is CNC1CCCN(S(=O)(=O)c2c[nH]c(C(=O)N3CCCC3)c2)C1.Cl. The van der Waals surface area contributed by atoms with E-state index in [-0.39, 0.29) is 29.3 Å².